The van der Waals surface area contributed by atoms with Crippen molar-refractivity contribution >= 4 is 29.9 Å². The van der Waals surface area contributed by atoms with E-state index < -0.39 is 12.2 Å². The molecule has 1 aromatic rings. The molecule has 0 amide bonds. The van der Waals surface area contributed by atoms with E-state index in [4.69, 9.17) is 14.2 Å². The number of hydrogen-bond acceptors (Lipinski definition) is 5. The van der Waals surface area contributed by atoms with Crippen LogP contribution >= 0.6 is 24.0 Å². The first-order valence-electron chi connectivity index (χ1n) is 9.30. The Hall–Kier alpha value is -1.63. The van der Waals surface area contributed by atoms with E-state index in [1.54, 1.807) is 28.4 Å². The van der Waals surface area contributed by atoms with Crippen LogP contribution in [0.3, 0.4) is 0 Å². The van der Waals surface area contributed by atoms with Crippen molar-refractivity contribution in [2.75, 3.05) is 54.6 Å². The molecule has 0 radical (unpaired) electrons. The minimum absolute atomic E-state index is 0. The highest BCUT2D eigenvalue weighted by molar-refractivity contribution is 14.0. The van der Waals surface area contributed by atoms with Crippen molar-refractivity contribution in [3.05, 3.63) is 17.7 Å². The zero-order valence-corrected chi connectivity index (χ0v) is 20.2. The van der Waals surface area contributed by atoms with E-state index in [2.05, 4.69) is 10.3 Å². The third kappa shape index (κ3) is 6.43. The van der Waals surface area contributed by atoms with Crippen molar-refractivity contribution < 1.29 is 27.4 Å². The van der Waals surface area contributed by atoms with Gasteiger partial charge in [-0.1, -0.05) is 0 Å². The van der Waals surface area contributed by atoms with E-state index in [0.29, 0.717) is 55.9 Å². The fourth-order valence-corrected chi connectivity index (χ4v) is 3.28. The molecule has 7 nitrogen and oxygen atoms in total. The van der Waals surface area contributed by atoms with Crippen LogP contribution in [0, 0.1) is 0 Å². The second-order valence-corrected chi connectivity index (χ2v) is 6.67. The summed E-state index contributed by atoms with van der Waals surface area (Å²) in [5, 5.41) is 3.25. The summed E-state index contributed by atoms with van der Waals surface area (Å²) in [5.41, 5.74) is 0.893. The lowest BCUT2D eigenvalue weighted by Crippen LogP contribution is -2.56. The van der Waals surface area contributed by atoms with Crippen LogP contribution in [-0.2, 0) is 6.54 Å². The summed E-state index contributed by atoms with van der Waals surface area (Å²) in [6, 6.07) is 2.23. The third-order valence-corrected chi connectivity index (χ3v) is 5.02. The molecule has 1 saturated heterocycles. The van der Waals surface area contributed by atoms with Crippen LogP contribution in [0.25, 0.3) is 0 Å². The number of alkyl halides is 3. The Morgan fingerprint density at radius 1 is 1.07 bits per heavy atom. The lowest BCUT2D eigenvalue weighted by atomic mass is 10.1. The van der Waals surface area contributed by atoms with Crippen LogP contribution in [0.2, 0.25) is 0 Å². The number of aliphatic imine (C=N–C) groups is 1. The molecule has 172 valence electrons. The van der Waals surface area contributed by atoms with E-state index in [1.165, 1.54) is 11.8 Å². The largest absolute Gasteiger partial charge is 0.493 e. The van der Waals surface area contributed by atoms with Gasteiger partial charge in [-0.05, 0) is 24.6 Å². The maximum atomic E-state index is 12.9. The summed E-state index contributed by atoms with van der Waals surface area (Å²) in [4.78, 5) is 7.67. The van der Waals surface area contributed by atoms with Gasteiger partial charge in [0.15, 0.2) is 17.5 Å². The number of nitrogens with one attached hydrogen (secondary N) is 1. The third-order valence-electron chi connectivity index (χ3n) is 5.02. The molecule has 1 aliphatic heterocycles. The molecule has 1 aliphatic rings. The van der Waals surface area contributed by atoms with Gasteiger partial charge in [0.25, 0.3) is 0 Å². The standard InChI is InChI=1S/C19H29F3N4O3.HI/c1-13(19(20,21)22)25-6-8-26(9-7-25)18(23-2)24-12-14-10-15(27-3)17(29-5)16(11-14)28-4;/h10-11,13H,6-9,12H2,1-5H3,(H,23,24);1H. The molecule has 11 heteroatoms. The Morgan fingerprint density at radius 2 is 1.60 bits per heavy atom. The number of rotatable bonds is 6. The number of methoxy groups -OCH3 is 3. The summed E-state index contributed by atoms with van der Waals surface area (Å²) in [5.74, 6) is 2.25. The molecule has 2 rings (SSSR count). The minimum atomic E-state index is -4.21. The molecule has 1 fully saturated rings. The predicted molar refractivity (Wildman–Crippen MR) is 120 cm³/mol. The molecule has 1 heterocycles. The van der Waals surface area contributed by atoms with Crippen LogP contribution in [-0.4, -0.2) is 82.5 Å². The number of halogens is 4. The lowest BCUT2D eigenvalue weighted by molar-refractivity contribution is -0.181. The highest BCUT2D eigenvalue weighted by atomic mass is 127. The molecule has 0 bridgehead atoms. The second-order valence-electron chi connectivity index (χ2n) is 6.67. The van der Waals surface area contributed by atoms with Crippen molar-refractivity contribution in [2.24, 2.45) is 4.99 Å². The van der Waals surface area contributed by atoms with E-state index in [-0.39, 0.29) is 24.0 Å². The summed E-state index contributed by atoms with van der Waals surface area (Å²) in [6.45, 7) is 3.23. The van der Waals surface area contributed by atoms with E-state index >= 15 is 0 Å². The normalized spacial score (nSPS) is 16.5. The Kier molecular flexibility index (Phi) is 10.3. The van der Waals surface area contributed by atoms with E-state index in [9.17, 15) is 13.2 Å². The van der Waals surface area contributed by atoms with Crippen molar-refractivity contribution in [1.82, 2.24) is 15.1 Å². The average Bonchev–Trinajstić information content (AvgIpc) is 2.72. The molecule has 0 spiro atoms. The number of benzene rings is 1. The highest BCUT2D eigenvalue weighted by Gasteiger charge is 2.41. The van der Waals surface area contributed by atoms with Crippen molar-refractivity contribution in [3.63, 3.8) is 0 Å². The fourth-order valence-electron chi connectivity index (χ4n) is 3.28. The van der Waals surface area contributed by atoms with Crippen LogP contribution < -0.4 is 19.5 Å². The van der Waals surface area contributed by atoms with Gasteiger partial charge < -0.3 is 24.4 Å². The summed E-state index contributed by atoms with van der Waals surface area (Å²) in [6.07, 6.45) is -4.21. The smallest absolute Gasteiger partial charge is 0.403 e. The zero-order chi connectivity index (χ0) is 21.6. The van der Waals surface area contributed by atoms with Crippen LogP contribution in [0.5, 0.6) is 17.2 Å². The molecule has 0 aromatic heterocycles. The first-order valence-corrected chi connectivity index (χ1v) is 9.30. The van der Waals surface area contributed by atoms with E-state index in [1.807, 2.05) is 17.0 Å². The number of hydrogen-bond donors (Lipinski definition) is 1. The molecule has 0 aliphatic carbocycles. The topological polar surface area (TPSA) is 58.6 Å². The number of ether oxygens (including phenoxy) is 3. The number of piperazine rings is 1. The Balaban J connectivity index is 0.00000450. The maximum Gasteiger partial charge on any atom is 0.403 e. The molecule has 1 atom stereocenters. The van der Waals surface area contributed by atoms with Gasteiger partial charge >= 0.3 is 6.18 Å². The predicted octanol–water partition coefficient (Wildman–Crippen LogP) is 2.97. The maximum absolute atomic E-state index is 12.9. The average molecular weight is 546 g/mol. The fraction of sp³-hybridized carbons (Fsp3) is 0.632. The zero-order valence-electron chi connectivity index (χ0n) is 17.9. The van der Waals surface area contributed by atoms with Crippen molar-refractivity contribution in [3.8, 4) is 17.2 Å². The Morgan fingerprint density at radius 3 is 2.00 bits per heavy atom. The molecule has 1 unspecified atom stereocenters. The molecular weight excluding hydrogens is 516 g/mol. The van der Waals surface area contributed by atoms with E-state index in [0.717, 1.165) is 5.56 Å². The van der Waals surface area contributed by atoms with Gasteiger partial charge in [0.05, 0.1) is 21.3 Å². The number of guanidine groups is 1. The highest BCUT2D eigenvalue weighted by Crippen LogP contribution is 2.38. The Labute approximate surface area is 192 Å². The van der Waals surface area contributed by atoms with Crippen LogP contribution in [0.4, 0.5) is 13.2 Å². The molecule has 30 heavy (non-hydrogen) atoms. The van der Waals surface area contributed by atoms with Crippen molar-refractivity contribution in [1.29, 1.82) is 0 Å². The quantitative estimate of drug-likeness (QED) is 0.337. The van der Waals surface area contributed by atoms with Crippen LogP contribution in [0.15, 0.2) is 17.1 Å². The monoisotopic (exact) mass is 546 g/mol. The first-order chi connectivity index (χ1) is 13.7. The minimum Gasteiger partial charge on any atom is -0.493 e. The number of nitrogens with zero attached hydrogens (tertiary/aromatic N) is 3. The van der Waals surface area contributed by atoms with Gasteiger partial charge in [-0.2, -0.15) is 13.2 Å². The molecule has 1 aromatic carbocycles. The molecular formula is C19H30F3IN4O3. The first kappa shape index (κ1) is 26.4. The van der Waals surface area contributed by atoms with Gasteiger partial charge in [0.2, 0.25) is 5.75 Å². The van der Waals surface area contributed by atoms with Crippen molar-refractivity contribution in [2.45, 2.75) is 25.7 Å². The van der Waals surface area contributed by atoms with Crippen LogP contribution in [0.1, 0.15) is 12.5 Å². The molecule has 0 saturated carbocycles. The van der Waals surface area contributed by atoms with Gasteiger partial charge in [-0.3, -0.25) is 9.89 Å². The van der Waals surface area contributed by atoms with Gasteiger partial charge in [-0.25, -0.2) is 0 Å². The van der Waals surface area contributed by atoms with Gasteiger partial charge in [-0.15, -0.1) is 24.0 Å². The second kappa shape index (κ2) is 11.7. The van der Waals surface area contributed by atoms with Gasteiger partial charge in [0, 0.05) is 39.8 Å². The molecule has 1 N–H and O–H groups in total. The summed E-state index contributed by atoms with van der Waals surface area (Å²) < 4.78 is 54.8. The Bertz CT molecular complexity index is 686. The van der Waals surface area contributed by atoms with Gasteiger partial charge in [0.1, 0.15) is 6.04 Å². The summed E-state index contributed by atoms with van der Waals surface area (Å²) >= 11 is 0. The lowest BCUT2D eigenvalue weighted by Gasteiger charge is -2.39. The SMILES string of the molecule is CN=C(NCc1cc(OC)c(OC)c(OC)c1)N1CCN(C(C)C(F)(F)F)CC1.I. The summed E-state index contributed by atoms with van der Waals surface area (Å²) in [7, 11) is 6.30.